The lowest BCUT2D eigenvalue weighted by Gasteiger charge is -2.24. The lowest BCUT2D eigenvalue weighted by molar-refractivity contribution is 0.0449. The number of hydrogen-bond donors (Lipinski definition) is 2. The van der Waals surface area contributed by atoms with E-state index in [9.17, 15) is 29.4 Å². The van der Waals surface area contributed by atoms with Crippen LogP contribution >= 0.6 is 0 Å². The Kier molecular flexibility index (Phi) is 13.4. The monoisotopic (exact) mass is 684 g/mol. The van der Waals surface area contributed by atoms with Crippen molar-refractivity contribution in [3.8, 4) is 0 Å². The maximum Gasteiger partial charge on any atom is 0.508 e. The second kappa shape index (κ2) is 17.5. The van der Waals surface area contributed by atoms with Gasteiger partial charge in [-0.05, 0) is 135 Å². The Hall–Kier alpha value is -4.16. The first kappa shape index (κ1) is 37.7. The molecule has 12 nitrogen and oxygen atoms in total. The number of aromatic carboxylic acids is 2. The van der Waals surface area contributed by atoms with E-state index in [1.165, 1.54) is 0 Å². The zero-order valence-corrected chi connectivity index (χ0v) is 29.1. The van der Waals surface area contributed by atoms with Gasteiger partial charge in [-0.2, -0.15) is 0 Å². The third kappa shape index (κ3) is 9.72. The molecule has 268 valence electrons. The van der Waals surface area contributed by atoms with Crippen LogP contribution in [0.1, 0.15) is 104 Å². The molecule has 2 aliphatic rings. The molecule has 12 heteroatoms. The number of rotatable bonds is 19. The Morgan fingerprint density at radius 1 is 0.755 bits per heavy atom. The van der Waals surface area contributed by atoms with E-state index >= 15 is 0 Å². The summed E-state index contributed by atoms with van der Waals surface area (Å²) < 4.78 is 30.7. The fourth-order valence-electron chi connectivity index (χ4n) is 6.68. The van der Waals surface area contributed by atoms with E-state index in [1.54, 1.807) is 6.07 Å². The average Bonchev–Trinajstić information content (AvgIpc) is 3.68. The van der Waals surface area contributed by atoms with E-state index < -0.39 is 36.5 Å². The van der Waals surface area contributed by atoms with Crippen LogP contribution in [0.25, 0.3) is 0 Å². The Balaban J connectivity index is 1.41. The molecule has 2 aromatic rings. The predicted molar refractivity (Wildman–Crippen MR) is 178 cm³/mol. The van der Waals surface area contributed by atoms with Gasteiger partial charge in [-0.3, -0.25) is 0 Å². The van der Waals surface area contributed by atoms with Crippen molar-refractivity contribution in [3.05, 3.63) is 67.8 Å². The summed E-state index contributed by atoms with van der Waals surface area (Å²) in [7, 11) is 0. The molecular weight excluding hydrogens is 636 g/mol. The van der Waals surface area contributed by atoms with Crippen molar-refractivity contribution in [2.24, 2.45) is 0 Å². The summed E-state index contributed by atoms with van der Waals surface area (Å²) in [4.78, 5) is 47.0. The maximum absolute atomic E-state index is 12.4. The highest BCUT2D eigenvalue weighted by Gasteiger charge is 2.27. The van der Waals surface area contributed by atoms with E-state index in [4.69, 9.17) is 28.4 Å². The van der Waals surface area contributed by atoms with Gasteiger partial charge in [0.1, 0.15) is 13.2 Å². The number of carbonyl (C=O) groups excluding carboxylic acids is 2. The first-order valence-electron chi connectivity index (χ1n) is 16.9. The van der Waals surface area contributed by atoms with Gasteiger partial charge in [-0.15, -0.1) is 0 Å². The summed E-state index contributed by atoms with van der Waals surface area (Å²) >= 11 is 0. The summed E-state index contributed by atoms with van der Waals surface area (Å²) in [5, 5.41) is 20.3. The van der Waals surface area contributed by atoms with Gasteiger partial charge in [0.25, 0.3) is 0 Å². The minimum Gasteiger partial charge on any atom is -0.478 e. The number of ether oxygens (including phenoxy) is 6. The van der Waals surface area contributed by atoms with Crippen LogP contribution in [0.5, 0.6) is 0 Å². The third-order valence-electron chi connectivity index (χ3n) is 9.71. The molecule has 0 aliphatic carbocycles. The summed E-state index contributed by atoms with van der Waals surface area (Å²) in [6.07, 6.45) is 2.26. The maximum atomic E-state index is 12.4. The lowest BCUT2D eigenvalue weighted by Crippen LogP contribution is -2.18. The molecule has 4 rings (SSSR count). The highest BCUT2D eigenvalue weighted by molar-refractivity contribution is 5.91. The van der Waals surface area contributed by atoms with Crippen molar-refractivity contribution in [2.45, 2.75) is 97.7 Å². The number of aryl methyl sites for hydroxylation is 1. The van der Waals surface area contributed by atoms with Gasteiger partial charge in [0, 0.05) is 13.2 Å². The Morgan fingerprint density at radius 3 is 1.69 bits per heavy atom. The van der Waals surface area contributed by atoms with Gasteiger partial charge in [0.2, 0.25) is 0 Å². The van der Waals surface area contributed by atoms with Crippen molar-refractivity contribution in [1.82, 2.24) is 0 Å². The molecule has 0 saturated carbocycles. The van der Waals surface area contributed by atoms with Crippen molar-refractivity contribution in [1.29, 1.82) is 0 Å². The summed E-state index contributed by atoms with van der Waals surface area (Å²) in [5.41, 5.74) is 8.16. The van der Waals surface area contributed by atoms with Crippen LogP contribution in [-0.2, 0) is 47.7 Å². The van der Waals surface area contributed by atoms with E-state index in [0.717, 1.165) is 57.3 Å². The quantitative estimate of drug-likeness (QED) is 0.124. The average molecular weight is 685 g/mol. The highest BCUT2D eigenvalue weighted by atomic mass is 16.8. The van der Waals surface area contributed by atoms with Crippen LogP contribution in [0.2, 0.25) is 0 Å². The Bertz CT molecular complexity index is 1530. The molecule has 0 spiro atoms. The summed E-state index contributed by atoms with van der Waals surface area (Å²) in [5.74, 6) is -1.86. The summed E-state index contributed by atoms with van der Waals surface area (Å²) in [6, 6.07) is 3.61. The van der Waals surface area contributed by atoms with Gasteiger partial charge in [-0.25, -0.2) is 19.2 Å². The molecule has 0 aromatic heterocycles. The minimum absolute atomic E-state index is 0.0832. The smallest absolute Gasteiger partial charge is 0.478 e. The molecule has 0 bridgehead atoms. The van der Waals surface area contributed by atoms with Crippen molar-refractivity contribution in [3.63, 3.8) is 0 Å². The van der Waals surface area contributed by atoms with Crippen molar-refractivity contribution < 1.29 is 57.8 Å². The van der Waals surface area contributed by atoms with Crippen molar-refractivity contribution >= 4 is 24.2 Å². The molecule has 2 saturated heterocycles. The van der Waals surface area contributed by atoms with Crippen LogP contribution in [0, 0.1) is 27.7 Å². The zero-order chi connectivity index (χ0) is 35.7. The van der Waals surface area contributed by atoms with E-state index in [0.29, 0.717) is 50.9 Å². The zero-order valence-electron chi connectivity index (χ0n) is 29.1. The van der Waals surface area contributed by atoms with E-state index in [2.05, 4.69) is 6.92 Å². The molecule has 2 aliphatic heterocycles. The number of hydrogen-bond acceptors (Lipinski definition) is 10. The Labute approximate surface area is 287 Å². The standard InChI is InChI=1S/C37H48O12/c1-6-25(31-16-33(35(40)41)30(23(4)24(31)5)10-8-14-45-18-28-20-47-37(43)49-28)11-12-26-15-32(34(38)39)29(22(3)21(26)2)9-7-13-44-17-27-19-46-36(42)48-27/h15-16,25,27-28H,6-14,17-20H2,1-5H3,(H,38,39)(H,40,41). The van der Waals surface area contributed by atoms with Gasteiger partial charge in [0.15, 0.2) is 12.2 Å². The van der Waals surface area contributed by atoms with Gasteiger partial charge in [0.05, 0.1) is 24.3 Å². The van der Waals surface area contributed by atoms with E-state index in [1.807, 2.05) is 33.8 Å². The molecule has 3 unspecified atom stereocenters. The molecule has 0 amide bonds. The normalized spacial score (nSPS) is 17.7. The summed E-state index contributed by atoms with van der Waals surface area (Å²) in [6.45, 7) is 11.7. The Morgan fingerprint density at radius 2 is 1.24 bits per heavy atom. The number of carbonyl (C=O) groups is 4. The second-order valence-electron chi connectivity index (χ2n) is 12.8. The predicted octanol–water partition coefficient (Wildman–Crippen LogP) is 6.41. The molecule has 0 radical (unpaired) electrons. The fourth-order valence-corrected chi connectivity index (χ4v) is 6.68. The van der Waals surface area contributed by atoms with Crippen LogP contribution < -0.4 is 0 Å². The third-order valence-corrected chi connectivity index (χ3v) is 9.71. The van der Waals surface area contributed by atoms with Gasteiger partial charge < -0.3 is 38.6 Å². The number of carboxylic acid groups (broad SMARTS) is 2. The van der Waals surface area contributed by atoms with Crippen LogP contribution in [-0.4, -0.2) is 86.3 Å². The minimum atomic E-state index is -0.975. The molecule has 3 atom stereocenters. The van der Waals surface area contributed by atoms with Gasteiger partial charge >= 0.3 is 24.2 Å². The molecule has 2 fully saturated rings. The van der Waals surface area contributed by atoms with E-state index in [-0.39, 0.29) is 37.9 Å². The molecule has 49 heavy (non-hydrogen) atoms. The van der Waals surface area contributed by atoms with Crippen molar-refractivity contribution in [2.75, 3.05) is 39.6 Å². The van der Waals surface area contributed by atoms with Gasteiger partial charge in [-0.1, -0.05) is 6.92 Å². The SMILES string of the molecule is CCC(CCc1cc(C(=O)O)c(CCCOCC2COC(=O)O2)c(C)c1C)c1cc(C(=O)O)c(CCCOCC2COC(=O)O2)c(C)c1C. The second-order valence-corrected chi connectivity index (χ2v) is 12.8. The molecule has 2 heterocycles. The topological polar surface area (TPSA) is 164 Å². The van der Waals surface area contributed by atoms with Crippen LogP contribution in [0.15, 0.2) is 12.1 Å². The first-order valence-corrected chi connectivity index (χ1v) is 16.9. The molecular formula is C37H48O12. The number of carboxylic acids is 2. The van der Waals surface area contributed by atoms with Crippen LogP contribution in [0.3, 0.4) is 0 Å². The molecule has 2 aromatic carbocycles. The number of cyclic esters (lactones) is 4. The molecule has 2 N–H and O–H groups in total. The van der Waals surface area contributed by atoms with Crippen LogP contribution in [0.4, 0.5) is 9.59 Å². The fraction of sp³-hybridized carbons (Fsp3) is 0.568. The largest absolute Gasteiger partial charge is 0.508 e. The number of benzene rings is 2. The highest BCUT2D eigenvalue weighted by Crippen LogP contribution is 2.34. The lowest BCUT2D eigenvalue weighted by atomic mass is 9.81. The first-order chi connectivity index (χ1) is 23.4.